The third kappa shape index (κ3) is 4.88. The molecule has 2 amide bonds. The number of piperazine rings is 1. The Kier molecular flexibility index (Phi) is 6.10. The number of nitrogens with zero attached hydrogens (tertiary/aromatic N) is 3. The van der Waals surface area contributed by atoms with Crippen molar-refractivity contribution in [2.45, 2.75) is 32.3 Å². The van der Waals surface area contributed by atoms with E-state index in [4.69, 9.17) is 0 Å². The van der Waals surface area contributed by atoms with Crippen LogP contribution in [0.15, 0.2) is 48.5 Å². The summed E-state index contributed by atoms with van der Waals surface area (Å²) in [6.07, 6.45) is -4.19. The molecule has 1 fully saturated rings. The van der Waals surface area contributed by atoms with Crippen molar-refractivity contribution in [1.82, 2.24) is 9.80 Å². The van der Waals surface area contributed by atoms with Gasteiger partial charge in [0.1, 0.15) is 11.8 Å². The Morgan fingerprint density at radius 3 is 2.28 bits per heavy atom. The number of para-hydroxylation sites is 1. The Morgan fingerprint density at radius 1 is 1.00 bits per heavy atom. The van der Waals surface area contributed by atoms with E-state index in [1.54, 1.807) is 21.9 Å². The monoisotopic (exact) mass is 447 g/mol. The van der Waals surface area contributed by atoms with Crippen LogP contribution in [0.3, 0.4) is 0 Å². The van der Waals surface area contributed by atoms with Crippen LogP contribution < -0.4 is 9.64 Å². The Labute approximate surface area is 184 Å². The fourth-order valence-corrected chi connectivity index (χ4v) is 4.36. The summed E-state index contributed by atoms with van der Waals surface area (Å²) in [4.78, 5) is 31.0. The number of hydrogen-bond acceptors (Lipinski definition) is 4. The second-order valence-corrected chi connectivity index (χ2v) is 8.03. The first-order valence-electron chi connectivity index (χ1n) is 10.4. The van der Waals surface area contributed by atoms with E-state index in [1.807, 2.05) is 24.3 Å². The second kappa shape index (κ2) is 8.82. The maximum atomic E-state index is 13.2. The van der Waals surface area contributed by atoms with Crippen molar-refractivity contribution < 1.29 is 27.5 Å². The van der Waals surface area contributed by atoms with Gasteiger partial charge in [-0.25, -0.2) is 0 Å². The van der Waals surface area contributed by atoms with Gasteiger partial charge in [0.25, 0.3) is 0 Å². The summed E-state index contributed by atoms with van der Waals surface area (Å²) in [7, 11) is 0. The van der Waals surface area contributed by atoms with Gasteiger partial charge in [-0.15, -0.1) is 13.2 Å². The van der Waals surface area contributed by atoms with Gasteiger partial charge in [-0.2, -0.15) is 0 Å². The molecule has 0 aromatic heterocycles. The second-order valence-electron chi connectivity index (χ2n) is 8.03. The summed E-state index contributed by atoms with van der Waals surface area (Å²) in [5, 5.41) is 0. The number of rotatable bonds is 4. The number of fused-ring (bicyclic) bond motifs is 1. The van der Waals surface area contributed by atoms with E-state index in [2.05, 4.69) is 9.64 Å². The molecule has 1 atom stereocenters. The van der Waals surface area contributed by atoms with Gasteiger partial charge in [-0.3, -0.25) is 19.4 Å². The Balaban J connectivity index is 1.33. The van der Waals surface area contributed by atoms with Gasteiger partial charge in [0.15, 0.2) is 0 Å². The first-order chi connectivity index (χ1) is 15.2. The molecule has 4 rings (SSSR count). The molecular formula is C23H24F3N3O3. The van der Waals surface area contributed by atoms with Crippen LogP contribution >= 0.6 is 0 Å². The van der Waals surface area contributed by atoms with Crippen LogP contribution in [0.25, 0.3) is 0 Å². The molecule has 2 aliphatic rings. The van der Waals surface area contributed by atoms with E-state index < -0.39 is 12.4 Å². The van der Waals surface area contributed by atoms with Crippen molar-refractivity contribution in [2.75, 3.05) is 31.1 Å². The fourth-order valence-electron chi connectivity index (χ4n) is 4.36. The molecule has 1 saturated heterocycles. The standard InChI is InChI=1S/C23H24F3N3O3/c1-16(30)29-20-5-3-2-4-18(20)14-21(29)22(31)28-12-10-27(11-13-28)15-17-6-8-19(9-7-17)32-23(24,25)26/h2-9,21H,10-15H2,1H3/t21-/m0/s1. The number of halogens is 3. The Morgan fingerprint density at radius 2 is 1.66 bits per heavy atom. The summed E-state index contributed by atoms with van der Waals surface area (Å²) in [6.45, 7) is 4.41. The zero-order chi connectivity index (χ0) is 22.9. The molecule has 0 bridgehead atoms. The van der Waals surface area contributed by atoms with Gasteiger partial charge in [-0.1, -0.05) is 30.3 Å². The predicted octanol–water partition coefficient (Wildman–Crippen LogP) is 3.21. The minimum absolute atomic E-state index is 0.0512. The van der Waals surface area contributed by atoms with Crippen molar-refractivity contribution in [2.24, 2.45) is 0 Å². The molecule has 0 radical (unpaired) electrons. The predicted molar refractivity (Wildman–Crippen MR) is 112 cm³/mol. The third-order valence-corrected chi connectivity index (χ3v) is 5.85. The number of carbonyl (C=O) groups excluding carboxylic acids is 2. The van der Waals surface area contributed by atoms with E-state index >= 15 is 0 Å². The van der Waals surface area contributed by atoms with Crippen LogP contribution in [-0.4, -0.2) is 60.2 Å². The number of benzene rings is 2. The number of alkyl halides is 3. The molecule has 170 valence electrons. The molecule has 2 heterocycles. The number of amides is 2. The zero-order valence-electron chi connectivity index (χ0n) is 17.6. The summed E-state index contributed by atoms with van der Waals surface area (Å²) in [5.74, 6) is -0.446. The lowest BCUT2D eigenvalue weighted by Crippen LogP contribution is -2.55. The molecule has 0 aliphatic carbocycles. The quantitative estimate of drug-likeness (QED) is 0.723. The first kappa shape index (κ1) is 22.1. The first-order valence-corrected chi connectivity index (χ1v) is 10.4. The third-order valence-electron chi connectivity index (χ3n) is 5.85. The Hall–Kier alpha value is -3.07. The van der Waals surface area contributed by atoms with Crippen LogP contribution in [0.1, 0.15) is 18.1 Å². The van der Waals surface area contributed by atoms with Crippen molar-refractivity contribution in [3.05, 3.63) is 59.7 Å². The maximum Gasteiger partial charge on any atom is 0.573 e. The fraction of sp³-hybridized carbons (Fsp3) is 0.391. The molecule has 2 aromatic rings. The topological polar surface area (TPSA) is 53.1 Å². The van der Waals surface area contributed by atoms with Crippen molar-refractivity contribution in [3.63, 3.8) is 0 Å². The van der Waals surface area contributed by atoms with Crippen LogP contribution in [0.5, 0.6) is 5.75 Å². The summed E-state index contributed by atoms with van der Waals surface area (Å²) in [6, 6.07) is 12.9. The van der Waals surface area contributed by atoms with Gasteiger partial charge in [0, 0.05) is 51.8 Å². The molecule has 32 heavy (non-hydrogen) atoms. The van der Waals surface area contributed by atoms with Gasteiger partial charge in [0.05, 0.1) is 0 Å². The highest BCUT2D eigenvalue weighted by Gasteiger charge is 2.39. The Bertz CT molecular complexity index is 986. The number of anilines is 1. The normalized spacial score (nSPS) is 19.1. The minimum atomic E-state index is -4.71. The lowest BCUT2D eigenvalue weighted by Gasteiger charge is -2.37. The smallest absolute Gasteiger partial charge is 0.406 e. The molecular weight excluding hydrogens is 423 g/mol. The van der Waals surface area contributed by atoms with E-state index in [9.17, 15) is 22.8 Å². The van der Waals surface area contributed by atoms with E-state index in [-0.39, 0.29) is 17.6 Å². The molecule has 2 aliphatic heterocycles. The molecule has 0 N–H and O–H groups in total. The van der Waals surface area contributed by atoms with E-state index in [0.717, 1.165) is 16.8 Å². The van der Waals surface area contributed by atoms with Gasteiger partial charge >= 0.3 is 6.36 Å². The maximum absolute atomic E-state index is 13.2. The van der Waals surface area contributed by atoms with Crippen LogP contribution in [-0.2, 0) is 22.6 Å². The molecule has 6 nitrogen and oxygen atoms in total. The van der Waals surface area contributed by atoms with Gasteiger partial charge < -0.3 is 9.64 Å². The van der Waals surface area contributed by atoms with Crippen molar-refractivity contribution in [1.29, 1.82) is 0 Å². The van der Waals surface area contributed by atoms with Crippen LogP contribution in [0.2, 0.25) is 0 Å². The lowest BCUT2D eigenvalue weighted by atomic mass is 10.1. The van der Waals surface area contributed by atoms with Crippen molar-refractivity contribution >= 4 is 17.5 Å². The van der Waals surface area contributed by atoms with Crippen molar-refractivity contribution in [3.8, 4) is 5.75 Å². The molecule has 0 unspecified atom stereocenters. The zero-order valence-corrected chi connectivity index (χ0v) is 17.6. The highest BCUT2D eigenvalue weighted by atomic mass is 19.4. The summed E-state index contributed by atoms with van der Waals surface area (Å²) < 4.78 is 40.8. The molecule has 9 heteroatoms. The molecule has 0 spiro atoms. The van der Waals surface area contributed by atoms with Gasteiger partial charge in [0.2, 0.25) is 11.8 Å². The number of carbonyl (C=O) groups is 2. The largest absolute Gasteiger partial charge is 0.573 e. The van der Waals surface area contributed by atoms with Gasteiger partial charge in [-0.05, 0) is 29.3 Å². The summed E-state index contributed by atoms with van der Waals surface area (Å²) >= 11 is 0. The molecule has 0 saturated carbocycles. The highest BCUT2D eigenvalue weighted by molar-refractivity contribution is 6.02. The number of hydrogen-bond donors (Lipinski definition) is 0. The van der Waals surface area contributed by atoms with E-state index in [0.29, 0.717) is 39.1 Å². The van der Waals surface area contributed by atoms with Crippen LogP contribution in [0.4, 0.5) is 18.9 Å². The SMILES string of the molecule is CC(=O)N1c2ccccc2C[C@H]1C(=O)N1CCN(Cc2ccc(OC(F)(F)F)cc2)CC1. The number of ether oxygens (including phenoxy) is 1. The lowest BCUT2D eigenvalue weighted by molar-refractivity contribution is -0.274. The minimum Gasteiger partial charge on any atom is -0.406 e. The van der Waals surface area contributed by atoms with Crippen LogP contribution in [0, 0.1) is 0 Å². The highest BCUT2D eigenvalue weighted by Crippen LogP contribution is 2.33. The average Bonchev–Trinajstić information content (AvgIpc) is 3.14. The molecule has 2 aromatic carbocycles. The average molecular weight is 447 g/mol. The van der Waals surface area contributed by atoms with E-state index in [1.165, 1.54) is 19.1 Å². The summed E-state index contributed by atoms with van der Waals surface area (Å²) in [5.41, 5.74) is 2.67.